The number of benzene rings is 2. The van der Waals surface area contributed by atoms with Gasteiger partial charge in [-0.15, -0.1) is 0 Å². The van der Waals surface area contributed by atoms with Gasteiger partial charge in [-0.1, -0.05) is 17.7 Å². The lowest BCUT2D eigenvalue weighted by Gasteiger charge is -2.35. The van der Waals surface area contributed by atoms with E-state index in [4.69, 9.17) is 11.6 Å². The number of Topliss-reactive ketones (excluding diaryl/α,β-unsaturated/α-hetero) is 1. The van der Waals surface area contributed by atoms with E-state index in [1.54, 1.807) is 12.3 Å². The van der Waals surface area contributed by atoms with Crippen LogP contribution in [0, 0.1) is 11.7 Å². The normalized spacial score (nSPS) is 17.3. The number of nitrogens with zero attached hydrogens (tertiary/aromatic N) is 3. The fourth-order valence-electron chi connectivity index (χ4n) is 4.21. The smallest absolute Gasteiger partial charge is 0.170 e. The second kappa shape index (κ2) is 7.77. The Labute approximate surface area is 185 Å². The molecular formula is C24H23ClFN3O2. The molecule has 0 bridgehead atoms. The number of likely N-dealkylation sites (N-methyl/N-ethyl adjacent to an activating group) is 1. The van der Waals surface area contributed by atoms with Crippen LogP contribution in [-0.2, 0) is 0 Å². The van der Waals surface area contributed by atoms with Crippen LogP contribution >= 0.6 is 11.6 Å². The summed E-state index contributed by atoms with van der Waals surface area (Å²) in [7, 11) is 2.10. The number of phenolic OH excluding ortho intramolecular Hbond substituents is 1. The van der Waals surface area contributed by atoms with Crippen molar-refractivity contribution in [2.24, 2.45) is 5.92 Å². The van der Waals surface area contributed by atoms with E-state index < -0.39 is 11.6 Å². The molecule has 0 radical (unpaired) electrons. The van der Waals surface area contributed by atoms with Crippen molar-refractivity contribution in [1.29, 1.82) is 0 Å². The van der Waals surface area contributed by atoms with E-state index in [0.717, 1.165) is 61.2 Å². The molecule has 5 nitrogen and oxygen atoms in total. The first-order valence-electron chi connectivity index (χ1n) is 10.5. The second-order valence-corrected chi connectivity index (χ2v) is 8.88. The molecule has 0 atom stereocenters. The average Bonchev–Trinajstić information content (AvgIpc) is 3.61. The van der Waals surface area contributed by atoms with Crippen LogP contribution in [-0.4, -0.2) is 54.0 Å². The van der Waals surface area contributed by atoms with Crippen molar-refractivity contribution in [1.82, 2.24) is 9.88 Å². The minimum absolute atomic E-state index is 0.0369. The molecule has 2 fully saturated rings. The number of pyridine rings is 1. The molecule has 0 unspecified atom stereocenters. The van der Waals surface area contributed by atoms with Gasteiger partial charge in [-0.05, 0) is 55.3 Å². The molecule has 0 amide bonds. The third-order valence-corrected chi connectivity index (χ3v) is 6.51. The Morgan fingerprint density at radius 1 is 1.13 bits per heavy atom. The van der Waals surface area contributed by atoms with Gasteiger partial charge < -0.3 is 14.9 Å². The number of halogens is 2. The zero-order valence-electron chi connectivity index (χ0n) is 17.2. The number of aromatic hydroxyl groups is 1. The van der Waals surface area contributed by atoms with Gasteiger partial charge in [0.25, 0.3) is 0 Å². The summed E-state index contributed by atoms with van der Waals surface area (Å²) in [5.74, 6) is -1.06. The lowest BCUT2D eigenvalue weighted by atomic mass is 9.98. The predicted molar refractivity (Wildman–Crippen MR) is 121 cm³/mol. The standard InChI is InChI=1S/C24H23ClFN3O2/c1-28-6-8-29(9-7-28)22-17-10-15(16-11-19(25)24(31)20(26)12-16)4-5-21(17)27-13-18(22)23(30)14-2-3-14/h4-5,10-14,31H,2-3,6-9H2,1H3. The van der Waals surface area contributed by atoms with E-state index in [1.807, 2.05) is 18.2 Å². The van der Waals surface area contributed by atoms with Crippen LogP contribution in [0.4, 0.5) is 10.1 Å². The number of carbonyl (C=O) groups excluding carboxylic acids is 1. The average molecular weight is 440 g/mol. The zero-order valence-corrected chi connectivity index (χ0v) is 18.0. The highest BCUT2D eigenvalue weighted by atomic mass is 35.5. The number of fused-ring (bicyclic) bond motifs is 1. The molecule has 1 saturated carbocycles. The van der Waals surface area contributed by atoms with Gasteiger partial charge >= 0.3 is 0 Å². The highest BCUT2D eigenvalue weighted by molar-refractivity contribution is 6.32. The van der Waals surface area contributed by atoms with Gasteiger partial charge in [0.2, 0.25) is 0 Å². The van der Waals surface area contributed by atoms with Crippen molar-refractivity contribution in [3.8, 4) is 16.9 Å². The second-order valence-electron chi connectivity index (χ2n) is 8.47. The largest absolute Gasteiger partial charge is 0.504 e. The lowest BCUT2D eigenvalue weighted by molar-refractivity contribution is 0.0968. The van der Waals surface area contributed by atoms with Crippen LogP contribution in [0.2, 0.25) is 5.02 Å². The lowest BCUT2D eigenvalue weighted by Crippen LogP contribution is -2.45. The van der Waals surface area contributed by atoms with Gasteiger partial charge in [-0.25, -0.2) is 4.39 Å². The number of ketones is 1. The summed E-state index contributed by atoms with van der Waals surface area (Å²) in [6, 6.07) is 8.50. The Balaban J connectivity index is 1.68. The molecule has 1 aliphatic heterocycles. The molecule has 31 heavy (non-hydrogen) atoms. The molecule has 1 aliphatic carbocycles. The van der Waals surface area contributed by atoms with Gasteiger partial charge in [0.05, 0.1) is 21.8 Å². The molecule has 1 saturated heterocycles. The number of anilines is 1. The van der Waals surface area contributed by atoms with Crippen molar-refractivity contribution in [3.05, 3.63) is 52.9 Å². The Morgan fingerprint density at radius 3 is 2.55 bits per heavy atom. The maximum Gasteiger partial charge on any atom is 0.170 e. The highest BCUT2D eigenvalue weighted by Gasteiger charge is 2.34. The first kappa shape index (κ1) is 20.2. The zero-order chi connectivity index (χ0) is 21.7. The summed E-state index contributed by atoms with van der Waals surface area (Å²) in [4.78, 5) is 22.2. The highest BCUT2D eigenvalue weighted by Crippen LogP contribution is 2.40. The van der Waals surface area contributed by atoms with E-state index in [0.29, 0.717) is 11.1 Å². The third kappa shape index (κ3) is 3.75. The van der Waals surface area contributed by atoms with Crippen molar-refractivity contribution < 1.29 is 14.3 Å². The topological polar surface area (TPSA) is 56.7 Å². The van der Waals surface area contributed by atoms with Gasteiger partial charge in [0.15, 0.2) is 17.3 Å². The molecule has 1 N–H and O–H groups in total. The van der Waals surface area contributed by atoms with Crippen LogP contribution in [0.25, 0.3) is 22.0 Å². The maximum atomic E-state index is 14.1. The molecule has 160 valence electrons. The van der Waals surface area contributed by atoms with E-state index in [2.05, 4.69) is 21.8 Å². The number of carbonyl (C=O) groups is 1. The number of hydrogen-bond acceptors (Lipinski definition) is 5. The molecule has 1 aromatic heterocycles. The fraction of sp³-hybridized carbons (Fsp3) is 0.333. The Kier molecular flexibility index (Phi) is 5.07. The van der Waals surface area contributed by atoms with E-state index in [9.17, 15) is 14.3 Å². The molecule has 0 spiro atoms. The minimum Gasteiger partial charge on any atom is -0.504 e. The van der Waals surface area contributed by atoms with E-state index >= 15 is 0 Å². The Bertz CT molecular complexity index is 1160. The Morgan fingerprint density at radius 2 is 1.87 bits per heavy atom. The molecular weight excluding hydrogens is 417 g/mol. The van der Waals surface area contributed by atoms with Crippen LogP contribution in [0.15, 0.2) is 36.5 Å². The molecule has 2 aromatic carbocycles. The van der Waals surface area contributed by atoms with Crippen molar-refractivity contribution >= 4 is 34.0 Å². The van der Waals surface area contributed by atoms with Crippen molar-refractivity contribution in [2.45, 2.75) is 12.8 Å². The first-order valence-corrected chi connectivity index (χ1v) is 10.9. The van der Waals surface area contributed by atoms with Crippen molar-refractivity contribution in [3.63, 3.8) is 0 Å². The monoisotopic (exact) mass is 439 g/mol. The number of aromatic nitrogens is 1. The van der Waals surface area contributed by atoms with Gasteiger partial charge in [-0.3, -0.25) is 9.78 Å². The maximum absolute atomic E-state index is 14.1. The minimum atomic E-state index is -0.766. The van der Waals surface area contributed by atoms with Crippen LogP contribution in [0.5, 0.6) is 5.75 Å². The summed E-state index contributed by atoms with van der Waals surface area (Å²) < 4.78 is 14.1. The molecule has 3 aromatic rings. The third-order valence-electron chi connectivity index (χ3n) is 6.22. The summed E-state index contributed by atoms with van der Waals surface area (Å²) in [5.41, 5.74) is 3.69. The molecule has 2 aliphatic rings. The van der Waals surface area contributed by atoms with E-state index in [1.165, 1.54) is 6.07 Å². The van der Waals surface area contributed by atoms with E-state index in [-0.39, 0.29) is 16.7 Å². The Hall–Kier alpha value is -2.70. The van der Waals surface area contributed by atoms with Gasteiger partial charge in [0.1, 0.15) is 0 Å². The number of phenols is 1. The van der Waals surface area contributed by atoms with Crippen LogP contribution < -0.4 is 4.90 Å². The number of rotatable bonds is 4. The van der Waals surface area contributed by atoms with Gasteiger partial charge in [0, 0.05) is 43.7 Å². The summed E-state index contributed by atoms with van der Waals surface area (Å²) in [6.45, 7) is 3.48. The number of piperazine rings is 1. The summed E-state index contributed by atoms with van der Waals surface area (Å²) in [6.07, 6.45) is 3.59. The molecule has 5 rings (SSSR count). The van der Waals surface area contributed by atoms with Crippen LogP contribution in [0.3, 0.4) is 0 Å². The molecule has 7 heteroatoms. The van der Waals surface area contributed by atoms with Crippen molar-refractivity contribution in [2.75, 3.05) is 38.1 Å². The van der Waals surface area contributed by atoms with Crippen LogP contribution in [0.1, 0.15) is 23.2 Å². The fourth-order valence-corrected chi connectivity index (χ4v) is 4.41. The quantitative estimate of drug-likeness (QED) is 0.595. The molecule has 2 heterocycles. The first-order chi connectivity index (χ1) is 14.9. The summed E-state index contributed by atoms with van der Waals surface area (Å²) >= 11 is 6.00. The SMILES string of the molecule is CN1CCN(c2c(C(=O)C3CC3)cnc3ccc(-c4cc(F)c(O)c(Cl)c4)cc23)CC1. The summed E-state index contributed by atoms with van der Waals surface area (Å²) in [5, 5.41) is 10.5. The number of hydrogen-bond donors (Lipinski definition) is 1. The predicted octanol–water partition coefficient (Wildman–Crippen LogP) is 4.74. The van der Waals surface area contributed by atoms with Gasteiger partial charge in [-0.2, -0.15) is 0 Å².